The number of benzene rings is 2. The first kappa shape index (κ1) is 21.1. The summed E-state index contributed by atoms with van der Waals surface area (Å²) in [6, 6.07) is 14.2. The van der Waals surface area contributed by atoms with Gasteiger partial charge in [-0.25, -0.2) is 0 Å². The highest BCUT2D eigenvalue weighted by atomic mass is 35.5. The predicted molar refractivity (Wildman–Crippen MR) is 123 cm³/mol. The second-order valence-electron chi connectivity index (χ2n) is 7.36. The van der Waals surface area contributed by atoms with E-state index in [1.807, 2.05) is 38.1 Å². The summed E-state index contributed by atoms with van der Waals surface area (Å²) >= 11 is 12.4. The molecule has 1 aliphatic heterocycles. The Morgan fingerprint density at radius 1 is 0.968 bits per heavy atom. The van der Waals surface area contributed by atoms with Crippen LogP contribution in [0.5, 0.6) is 0 Å². The zero-order valence-corrected chi connectivity index (χ0v) is 18.5. The SMILES string of the molecule is Cc1ccc(NC2=C(c3ccc(Cl)cc3Cl)C(=O)N(Cc3cccnc3)C2=O)cc1C. The van der Waals surface area contributed by atoms with Gasteiger partial charge in [-0.3, -0.25) is 19.5 Å². The maximum Gasteiger partial charge on any atom is 0.278 e. The molecule has 2 aromatic carbocycles. The van der Waals surface area contributed by atoms with Gasteiger partial charge in [-0.1, -0.05) is 41.4 Å². The maximum atomic E-state index is 13.4. The van der Waals surface area contributed by atoms with Gasteiger partial charge in [-0.2, -0.15) is 0 Å². The molecule has 0 bridgehead atoms. The molecule has 7 heteroatoms. The summed E-state index contributed by atoms with van der Waals surface area (Å²) in [4.78, 5) is 32.0. The topological polar surface area (TPSA) is 62.3 Å². The minimum Gasteiger partial charge on any atom is -0.350 e. The summed E-state index contributed by atoms with van der Waals surface area (Å²) in [5.41, 5.74) is 4.51. The third-order valence-electron chi connectivity index (χ3n) is 5.21. The smallest absolute Gasteiger partial charge is 0.278 e. The monoisotopic (exact) mass is 451 g/mol. The molecule has 0 unspecified atom stereocenters. The number of hydrogen-bond acceptors (Lipinski definition) is 4. The van der Waals surface area contributed by atoms with Crippen LogP contribution in [0, 0.1) is 13.8 Å². The second kappa shape index (κ2) is 8.53. The average molecular weight is 452 g/mol. The van der Waals surface area contributed by atoms with Gasteiger partial charge in [0.2, 0.25) is 0 Å². The van der Waals surface area contributed by atoms with E-state index in [1.54, 1.807) is 36.7 Å². The van der Waals surface area contributed by atoms with Gasteiger partial charge in [0, 0.05) is 28.7 Å². The van der Waals surface area contributed by atoms with Crippen molar-refractivity contribution in [2.45, 2.75) is 20.4 Å². The molecule has 5 nitrogen and oxygen atoms in total. The maximum absolute atomic E-state index is 13.4. The van der Waals surface area contributed by atoms with Crippen molar-refractivity contribution < 1.29 is 9.59 Å². The van der Waals surface area contributed by atoms with Gasteiger partial charge < -0.3 is 5.32 Å². The van der Waals surface area contributed by atoms with Gasteiger partial charge in [0.05, 0.1) is 17.1 Å². The first-order valence-electron chi connectivity index (χ1n) is 9.64. The van der Waals surface area contributed by atoms with Crippen LogP contribution in [0.3, 0.4) is 0 Å². The van der Waals surface area contributed by atoms with Crippen LogP contribution in [0.1, 0.15) is 22.3 Å². The minimum absolute atomic E-state index is 0.109. The van der Waals surface area contributed by atoms with Gasteiger partial charge in [-0.05, 0) is 60.9 Å². The molecule has 31 heavy (non-hydrogen) atoms. The Kier molecular flexibility index (Phi) is 5.81. The molecule has 1 N–H and O–H groups in total. The molecule has 0 atom stereocenters. The number of carbonyl (C=O) groups excluding carboxylic acids is 2. The van der Waals surface area contributed by atoms with Crippen LogP contribution in [-0.2, 0) is 16.1 Å². The Balaban J connectivity index is 1.79. The van der Waals surface area contributed by atoms with Crippen LogP contribution in [0.2, 0.25) is 10.0 Å². The van der Waals surface area contributed by atoms with E-state index in [1.165, 1.54) is 4.90 Å². The third kappa shape index (κ3) is 4.20. The number of pyridine rings is 1. The number of anilines is 1. The number of aryl methyl sites for hydroxylation is 2. The highest BCUT2D eigenvalue weighted by molar-refractivity contribution is 6.41. The van der Waals surface area contributed by atoms with E-state index in [4.69, 9.17) is 23.2 Å². The van der Waals surface area contributed by atoms with E-state index in [0.717, 1.165) is 16.7 Å². The summed E-state index contributed by atoms with van der Waals surface area (Å²) < 4.78 is 0. The van der Waals surface area contributed by atoms with Gasteiger partial charge in [0.25, 0.3) is 11.8 Å². The first-order chi connectivity index (χ1) is 14.8. The lowest BCUT2D eigenvalue weighted by molar-refractivity contribution is -0.137. The summed E-state index contributed by atoms with van der Waals surface area (Å²) in [5.74, 6) is -0.850. The lowest BCUT2D eigenvalue weighted by Crippen LogP contribution is -2.32. The number of aromatic nitrogens is 1. The molecule has 3 aromatic rings. The summed E-state index contributed by atoms with van der Waals surface area (Å²) in [6.45, 7) is 4.11. The second-order valence-corrected chi connectivity index (χ2v) is 8.20. The Bertz CT molecular complexity index is 1220. The lowest BCUT2D eigenvalue weighted by Gasteiger charge is -2.15. The third-order valence-corrected chi connectivity index (χ3v) is 5.76. The summed E-state index contributed by atoms with van der Waals surface area (Å²) in [6.07, 6.45) is 3.27. The molecule has 0 aliphatic carbocycles. The Hall–Kier alpha value is -3.15. The molecule has 4 rings (SSSR count). The molecular formula is C24H19Cl2N3O2. The van der Waals surface area contributed by atoms with Gasteiger partial charge in [0.1, 0.15) is 5.70 Å². The highest BCUT2D eigenvalue weighted by Crippen LogP contribution is 2.36. The largest absolute Gasteiger partial charge is 0.350 e. The van der Waals surface area contributed by atoms with Gasteiger partial charge in [0.15, 0.2) is 0 Å². The number of rotatable bonds is 5. The van der Waals surface area contributed by atoms with Crippen LogP contribution < -0.4 is 5.32 Å². The minimum atomic E-state index is -0.426. The van der Waals surface area contributed by atoms with Crippen LogP contribution in [0.15, 0.2) is 66.6 Å². The fourth-order valence-electron chi connectivity index (χ4n) is 3.42. The first-order valence-corrected chi connectivity index (χ1v) is 10.4. The highest BCUT2D eigenvalue weighted by Gasteiger charge is 2.40. The molecule has 0 radical (unpaired) electrons. The normalized spacial score (nSPS) is 13.9. The molecule has 1 aromatic heterocycles. The number of imide groups is 1. The number of nitrogens with one attached hydrogen (secondary N) is 1. The van der Waals surface area contributed by atoms with E-state index >= 15 is 0 Å². The summed E-state index contributed by atoms with van der Waals surface area (Å²) in [7, 11) is 0. The van der Waals surface area contributed by atoms with Crippen molar-refractivity contribution >= 4 is 46.3 Å². The average Bonchev–Trinajstić information content (AvgIpc) is 2.96. The van der Waals surface area contributed by atoms with Crippen molar-refractivity contribution in [1.82, 2.24) is 9.88 Å². The number of nitrogens with zero attached hydrogens (tertiary/aromatic N) is 2. The molecule has 2 amide bonds. The van der Waals surface area contributed by atoms with Crippen molar-refractivity contribution in [3.05, 3.63) is 98.9 Å². The Morgan fingerprint density at radius 2 is 1.77 bits per heavy atom. The molecule has 1 aliphatic rings. The van der Waals surface area contributed by atoms with E-state index < -0.39 is 11.8 Å². The van der Waals surface area contributed by atoms with Gasteiger partial charge in [-0.15, -0.1) is 0 Å². The van der Waals surface area contributed by atoms with Crippen molar-refractivity contribution in [2.24, 2.45) is 0 Å². The molecule has 0 fully saturated rings. The molecular weight excluding hydrogens is 433 g/mol. The summed E-state index contributed by atoms with van der Waals surface area (Å²) in [5, 5.41) is 3.90. The number of halogens is 2. The number of carbonyl (C=O) groups is 2. The van der Waals surface area contributed by atoms with Crippen molar-refractivity contribution in [2.75, 3.05) is 5.32 Å². The van der Waals surface area contributed by atoms with Crippen LogP contribution >= 0.6 is 23.2 Å². The molecule has 0 saturated heterocycles. The van der Waals surface area contributed by atoms with E-state index in [-0.39, 0.29) is 17.8 Å². The van der Waals surface area contributed by atoms with Crippen molar-refractivity contribution in [1.29, 1.82) is 0 Å². The van der Waals surface area contributed by atoms with Crippen molar-refractivity contribution in [3.63, 3.8) is 0 Å². The molecule has 0 saturated carbocycles. The van der Waals surface area contributed by atoms with E-state index in [2.05, 4.69) is 10.3 Å². The standard InChI is InChI=1S/C24H19Cl2N3O2/c1-14-5-7-18(10-15(14)2)28-22-21(19-8-6-17(25)11-20(19)26)23(30)29(24(22)31)13-16-4-3-9-27-12-16/h3-12,28H,13H2,1-2H3. The zero-order chi connectivity index (χ0) is 22.1. The fourth-order valence-corrected chi connectivity index (χ4v) is 3.92. The number of hydrogen-bond donors (Lipinski definition) is 1. The van der Waals surface area contributed by atoms with E-state index in [9.17, 15) is 9.59 Å². The number of amides is 2. The van der Waals surface area contributed by atoms with Crippen molar-refractivity contribution in [3.8, 4) is 0 Å². The molecule has 156 valence electrons. The molecule has 0 spiro atoms. The fraction of sp³-hybridized carbons (Fsp3) is 0.125. The quantitative estimate of drug-likeness (QED) is 0.527. The van der Waals surface area contributed by atoms with Crippen LogP contribution in [0.25, 0.3) is 5.57 Å². The predicted octanol–water partition coefficient (Wildman–Crippen LogP) is 5.40. The van der Waals surface area contributed by atoms with Crippen LogP contribution in [-0.4, -0.2) is 21.7 Å². The zero-order valence-electron chi connectivity index (χ0n) is 16.9. The molecule has 2 heterocycles. The van der Waals surface area contributed by atoms with Gasteiger partial charge >= 0.3 is 0 Å². The van der Waals surface area contributed by atoms with E-state index in [0.29, 0.717) is 21.3 Å². The lowest BCUT2D eigenvalue weighted by atomic mass is 10.0. The Labute approximate surface area is 190 Å². The Morgan fingerprint density at radius 3 is 2.45 bits per heavy atom. The van der Waals surface area contributed by atoms with Crippen LogP contribution in [0.4, 0.5) is 5.69 Å².